The Balaban J connectivity index is 1.38. The third kappa shape index (κ3) is 6.18. The molecule has 36 heavy (non-hydrogen) atoms. The summed E-state index contributed by atoms with van der Waals surface area (Å²) in [5.41, 5.74) is 1.67. The van der Waals surface area contributed by atoms with E-state index in [0.717, 1.165) is 44.6 Å². The molecule has 0 heterocycles. The van der Waals surface area contributed by atoms with Crippen LogP contribution < -0.4 is 4.74 Å². The molecule has 1 unspecified atom stereocenters. The van der Waals surface area contributed by atoms with Gasteiger partial charge in [-0.25, -0.2) is 18.0 Å². The summed E-state index contributed by atoms with van der Waals surface area (Å²) in [6.45, 7) is 4.18. The summed E-state index contributed by atoms with van der Waals surface area (Å²) in [4.78, 5) is 12.5. The van der Waals surface area contributed by atoms with Crippen LogP contribution in [0.15, 0.2) is 60.7 Å². The quantitative estimate of drug-likeness (QED) is 0.231. The lowest BCUT2D eigenvalue weighted by Gasteiger charge is -2.30. The number of ether oxygens (including phenoxy) is 1. The average molecular weight is 495 g/mol. The molecule has 0 radical (unpaired) electrons. The largest absolute Gasteiger partial charge is 0.423 e. The highest BCUT2D eigenvalue weighted by Crippen LogP contribution is 2.40. The number of carbonyl (C=O) groups excluding carboxylic acids is 1. The Morgan fingerprint density at radius 3 is 2.19 bits per heavy atom. The first-order valence-corrected chi connectivity index (χ1v) is 12.9. The zero-order valence-corrected chi connectivity index (χ0v) is 20.9. The monoisotopic (exact) mass is 494 g/mol. The Kier molecular flexibility index (Phi) is 8.50. The van der Waals surface area contributed by atoms with Gasteiger partial charge in [0.1, 0.15) is 28.8 Å². The number of carbonyl (C=O) groups is 1. The fraction of sp³-hybridized carbons (Fsp3) is 0.387. The number of hydrogen-bond donors (Lipinski definition) is 0. The van der Waals surface area contributed by atoms with E-state index in [1.54, 1.807) is 0 Å². The second-order valence-corrected chi connectivity index (χ2v) is 10.0. The third-order valence-electron chi connectivity index (χ3n) is 7.40. The van der Waals surface area contributed by atoms with Crippen molar-refractivity contribution in [1.29, 1.82) is 0 Å². The van der Waals surface area contributed by atoms with Crippen LogP contribution in [-0.4, -0.2) is 5.97 Å². The molecule has 4 rings (SSSR count). The van der Waals surface area contributed by atoms with Gasteiger partial charge in [-0.3, -0.25) is 0 Å². The predicted octanol–water partition coefficient (Wildman–Crippen LogP) is 8.74. The summed E-state index contributed by atoms with van der Waals surface area (Å²) in [6, 6.07) is 17.0. The third-order valence-corrected chi connectivity index (χ3v) is 7.40. The summed E-state index contributed by atoms with van der Waals surface area (Å²) >= 11 is 0. The number of benzene rings is 3. The molecule has 0 aromatic heterocycles. The molecule has 0 bridgehead atoms. The van der Waals surface area contributed by atoms with Crippen LogP contribution in [0, 0.1) is 23.4 Å². The van der Waals surface area contributed by atoms with Gasteiger partial charge in [-0.05, 0) is 91.2 Å². The Hall–Kier alpha value is -3.08. The molecule has 1 atom stereocenters. The maximum Gasteiger partial charge on any atom is 0.349 e. The Labute approximate surface area is 211 Å². The van der Waals surface area contributed by atoms with E-state index in [1.807, 2.05) is 13.0 Å². The predicted molar refractivity (Wildman–Crippen MR) is 136 cm³/mol. The number of rotatable bonds is 8. The molecule has 0 saturated heterocycles. The molecular weight excluding hydrogens is 461 g/mol. The van der Waals surface area contributed by atoms with Gasteiger partial charge in [-0.15, -0.1) is 0 Å². The average Bonchev–Trinajstić information content (AvgIpc) is 2.86. The molecular formula is C31H33F3O2. The van der Waals surface area contributed by atoms with Gasteiger partial charge in [0.05, 0.1) is 0 Å². The molecule has 0 amide bonds. The molecule has 190 valence electrons. The minimum atomic E-state index is -1.17. The fourth-order valence-electron chi connectivity index (χ4n) is 5.39. The van der Waals surface area contributed by atoms with Crippen molar-refractivity contribution in [2.75, 3.05) is 0 Å². The van der Waals surface area contributed by atoms with E-state index in [9.17, 15) is 18.0 Å². The molecule has 0 N–H and O–H groups in total. The van der Waals surface area contributed by atoms with Crippen LogP contribution in [0.2, 0.25) is 0 Å². The van der Waals surface area contributed by atoms with E-state index < -0.39 is 29.0 Å². The Morgan fingerprint density at radius 2 is 1.58 bits per heavy atom. The van der Waals surface area contributed by atoms with Crippen molar-refractivity contribution in [2.24, 2.45) is 5.92 Å². The van der Waals surface area contributed by atoms with Crippen molar-refractivity contribution >= 4 is 5.97 Å². The van der Waals surface area contributed by atoms with Crippen LogP contribution >= 0.6 is 0 Å². The minimum absolute atomic E-state index is 0.0579. The van der Waals surface area contributed by atoms with Crippen LogP contribution in [-0.2, 0) is 6.42 Å². The van der Waals surface area contributed by atoms with Crippen LogP contribution in [0.25, 0.3) is 0 Å². The van der Waals surface area contributed by atoms with Crippen molar-refractivity contribution in [3.63, 3.8) is 0 Å². The molecule has 0 spiro atoms. The standard InChI is InChI=1S/C31H33F3O2/c1-3-7-24-14-15-26(19-27(24)32)36-31(35)30-28(33)17-25(18-29(30)34)23-12-10-21(11-13-23)16-20(2)22-8-5-4-6-9-22/h4-6,8-9,14-15,17-21,23H,3,7,10-13,16H2,1-2H3. The topological polar surface area (TPSA) is 26.3 Å². The minimum Gasteiger partial charge on any atom is -0.423 e. The highest BCUT2D eigenvalue weighted by atomic mass is 19.1. The smallest absolute Gasteiger partial charge is 0.349 e. The first-order chi connectivity index (χ1) is 17.4. The summed E-state index contributed by atoms with van der Waals surface area (Å²) in [6.07, 6.45) is 6.16. The van der Waals surface area contributed by atoms with Crippen molar-refractivity contribution < 1.29 is 22.7 Å². The molecule has 1 aliphatic carbocycles. The molecule has 2 nitrogen and oxygen atoms in total. The second kappa shape index (κ2) is 11.8. The van der Waals surface area contributed by atoms with Crippen LogP contribution in [0.1, 0.15) is 91.3 Å². The Morgan fingerprint density at radius 1 is 0.917 bits per heavy atom. The first-order valence-electron chi connectivity index (χ1n) is 12.9. The molecule has 5 heteroatoms. The SMILES string of the molecule is CCCc1ccc(OC(=O)c2c(F)cc(C3CCC(CC(C)c4ccccc4)CC3)cc2F)cc1F. The lowest BCUT2D eigenvalue weighted by molar-refractivity contribution is 0.0724. The Bertz CT molecular complexity index is 1160. The van der Waals surface area contributed by atoms with E-state index in [1.165, 1.54) is 29.8 Å². The van der Waals surface area contributed by atoms with Crippen LogP contribution in [0.3, 0.4) is 0 Å². The number of aryl methyl sites for hydroxylation is 1. The van der Waals surface area contributed by atoms with Gasteiger partial charge >= 0.3 is 5.97 Å². The molecule has 1 fully saturated rings. The lowest BCUT2D eigenvalue weighted by Crippen LogP contribution is -2.17. The van der Waals surface area contributed by atoms with Crippen molar-refractivity contribution in [3.05, 3.63) is 100 Å². The number of halogens is 3. The lowest BCUT2D eigenvalue weighted by atomic mass is 9.75. The van der Waals surface area contributed by atoms with Gasteiger partial charge in [0.2, 0.25) is 0 Å². The van der Waals surface area contributed by atoms with Gasteiger partial charge < -0.3 is 4.74 Å². The summed E-state index contributed by atoms with van der Waals surface area (Å²) in [5.74, 6) is -2.53. The first kappa shape index (κ1) is 26.0. The summed E-state index contributed by atoms with van der Waals surface area (Å²) in [5, 5.41) is 0. The maximum absolute atomic E-state index is 14.9. The number of esters is 1. The van der Waals surface area contributed by atoms with E-state index in [-0.39, 0.29) is 11.7 Å². The molecule has 3 aromatic carbocycles. The van der Waals surface area contributed by atoms with Gasteiger partial charge in [0, 0.05) is 6.07 Å². The van der Waals surface area contributed by atoms with E-state index in [2.05, 4.69) is 31.2 Å². The highest BCUT2D eigenvalue weighted by Gasteiger charge is 2.27. The maximum atomic E-state index is 14.9. The zero-order valence-electron chi connectivity index (χ0n) is 20.9. The van der Waals surface area contributed by atoms with Gasteiger partial charge in [-0.1, -0.05) is 56.7 Å². The molecule has 1 aliphatic rings. The summed E-state index contributed by atoms with van der Waals surface area (Å²) < 4.78 is 49.0. The fourth-order valence-corrected chi connectivity index (χ4v) is 5.39. The van der Waals surface area contributed by atoms with E-state index in [4.69, 9.17) is 4.74 Å². The molecule has 1 saturated carbocycles. The van der Waals surface area contributed by atoms with Gasteiger partial charge in [0.15, 0.2) is 0 Å². The molecule has 3 aromatic rings. The molecule has 0 aliphatic heterocycles. The van der Waals surface area contributed by atoms with Crippen LogP contribution in [0.4, 0.5) is 13.2 Å². The normalized spacial score (nSPS) is 18.6. The highest BCUT2D eigenvalue weighted by molar-refractivity contribution is 5.91. The van der Waals surface area contributed by atoms with E-state index >= 15 is 0 Å². The zero-order chi connectivity index (χ0) is 25.7. The number of hydrogen-bond acceptors (Lipinski definition) is 2. The summed E-state index contributed by atoms with van der Waals surface area (Å²) in [7, 11) is 0. The second-order valence-electron chi connectivity index (χ2n) is 10.0. The van der Waals surface area contributed by atoms with Gasteiger partial charge in [-0.2, -0.15) is 0 Å². The van der Waals surface area contributed by atoms with Gasteiger partial charge in [0.25, 0.3) is 0 Å². The van der Waals surface area contributed by atoms with Crippen LogP contribution in [0.5, 0.6) is 5.75 Å². The van der Waals surface area contributed by atoms with Crippen molar-refractivity contribution in [1.82, 2.24) is 0 Å². The van der Waals surface area contributed by atoms with Crippen molar-refractivity contribution in [3.8, 4) is 5.75 Å². The van der Waals surface area contributed by atoms with Crippen molar-refractivity contribution in [2.45, 2.75) is 70.6 Å². The van der Waals surface area contributed by atoms with E-state index in [0.29, 0.717) is 29.4 Å².